The van der Waals surface area contributed by atoms with Crippen LogP contribution in [0.2, 0.25) is 0 Å². The van der Waals surface area contributed by atoms with Crippen LogP contribution in [0.25, 0.3) is 22.1 Å². The highest BCUT2D eigenvalue weighted by Gasteiger charge is 2.56. The SMILES string of the molecule is Cc1ccc2c(c1)B1c3oc4ccc(C(C)(C)C)cc4c3N(c3ccc(C(C)(C)C)cc3)c3cc(N(c4ccccc4)c4ccccc4)cc(c31)C21c2ccccc2-c2ccccc21. The number of benzene rings is 8. The third kappa shape index (κ3) is 5.48. The summed E-state index contributed by atoms with van der Waals surface area (Å²) in [4.78, 5) is 4.99. The van der Waals surface area contributed by atoms with E-state index in [1.165, 1.54) is 66.7 Å². The highest BCUT2D eigenvalue weighted by molar-refractivity contribution is 6.98. The van der Waals surface area contributed by atoms with Crippen molar-refractivity contribution in [1.82, 2.24) is 0 Å². The average Bonchev–Trinajstić information content (AvgIpc) is 3.82. The largest absolute Gasteiger partial charge is 0.468 e. The second-order valence-electron chi connectivity index (χ2n) is 20.2. The van der Waals surface area contributed by atoms with Crippen molar-refractivity contribution in [2.45, 2.75) is 64.7 Å². The third-order valence-electron chi connectivity index (χ3n) is 14.3. The fourth-order valence-electron chi connectivity index (χ4n) is 11.3. The number of anilines is 6. The van der Waals surface area contributed by atoms with E-state index in [0.29, 0.717) is 0 Å². The number of aryl methyl sites for hydroxylation is 1. The van der Waals surface area contributed by atoms with Crippen molar-refractivity contribution in [2.75, 3.05) is 9.80 Å². The Balaban J connectivity index is 1.28. The van der Waals surface area contributed by atoms with Gasteiger partial charge in [0, 0.05) is 33.8 Å². The molecule has 12 rings (SSSR count). The Morgan fingerprint density at radius 3 is 1.70 bits per heavy atom. The van der Waals surface area contributed by atoms with E-state index in [-0.39, 0.29) is 17.5 Å². The maximum atomic E-state index is 7.39. The number of nitrogens with zero attached hydrogens (tertiary/aromatic N) is 2. The lowest BCUT2D eigenvalue weighted by Gasteiger charge is -2.47. The highest BCUT2D eigenvalue weighted by Crippen LogP contribution is 2.59. The first-order chi connectivity index (χ1) is 30.9. The van der Waals surface area contributed by atoms with Gasteiger partial charge in [-0.25, -0.2) is 0 Å². The normalized spacial score (nSPS) is 14.2. The maximum absolute atomic E-state index is 7.39. The van der Waals surface area contributed by atoms with E-state index in [2.05, 4.69) is 240 Å². The van der Waals surface area contributed by atoms with Gasteiger partial charge in [0.1, 0.15) is 5.58 Å². The van der Waals surface area contributed by atoms with Gasteiger partial charge in [0.2, 0.25) is 0 Å². The van der Waals surface area contributed by atoms with Crippen molar-refractivity contribution < 1.29 is 4.42 Å². The second-order valence-corrected chi connectivity index (χ2v) is 20.2. The van der Waals surface area contributed by atoms with Gasteiger partial charge >= 0.3 is 0 Å². The average molecular weight is 827 g/mol. The van der Waals surface area contributed by atoms with Gasteiger partial charge in [-0.05, 0) is 128 Å². The minimum absolute atomic E-state index is 0.00277. The van der Waals surface area contributed by atoms with Gasteiger partial charge < -0.3 is 14.2 Å². The number of furan rings is 1. The van der Waals surface area contributed by atoms with E-state index in [4.69, 9.17) is 4.42 Å². The molecular formula is C60H51BN2O. The molecule has 0 amide bonds. The van der Waals surface area contributed by atoms with Crippen LogP contribution in [-0.2, 0) is 16.2 Å². The predicted molar refractivity (Wildman–Crippen MR) is 270 cm³/mol. The van der Waals surface area contributed by atoms with Crippen LogP contribution in [-0.4, -0.2) is 6.71 Å². The molecule has 0 saturated heterocycles. The molecule has 0 fully saturated rings. The van der Waals surface area contributed by atoms with Crippen LogP contribution >= 0.6 is 0 Å². The zero-order chi connectivity index (χ0) is 43.7. The van der Waals surface area contributed by atoms with Gasteiger partial charge in [-0.1, -0.05) is 174 Å². The zero-order valence-corrected chi connectivity index (χ0v) is 37.7. The summed E-state index contributed by atoms with van der Waals surface area (Å²) in [6, 6.07) is 68.4. The van der Waals surface area contributed by atoms with Crippen LogP contribution in [0.4, 0.5) is 34.1 Å². The van der Waals surface area contributed by atoms with Crippen LogP contribution in [0.3, 0.4) is 0 Å². The fraction of sp³-hybridized carbons (Fsp3) is 0.167. The maximum Gasteiger partial charge on any atom is 0.293 e. The van der Waals surface area contributed by atoms with Crippen molar-refractivity contribution in [1.29, 1.82) is 0 Å². The Bertz CT molecular complexity index is 3230. The van der Waals surface area contributed by atoms with Crippen molar-refractivity contribution in [3.63, 3.8) is 0 Å². The number of hydrogen-bond donors (Lipinski definition) is 0. The lowest BCUT2D eigenvalue weighted by molar-refractivity contribution is 0.590. The van der Waals surface area contributed by atoms with Crippen LogP contribution in [0.5, 0.6) is 0 Å². The first-order valence-corrected chi connectivity index (χ1v) is 22.8. The van der Waals surface area contributed by atoms with Crippen molar-refractivity contribution in [3.05, 3.63) is 221 Å². The second kappa shape index (κ2) is 13.7. The van der Waals surface area contributed by atoms with Crippen molar-refractivity contribution in [2.24, 2.45) is 0 Å². The standard InChI is InChI=1S/C60H51BN2O/c1-38-26-32-50-52(34-38)61-55-51(60(50)48-24-16-14-22-45(48)46-23-15-17-25-49(46)60)36-44(62(41-18-10-8-11-19-41)42-20-12-9-13-21-42)37-53(55)63(43-30-27-39(28-31-43)58(2,3)4)56-47-35-40(59(5,6)7)29-33-54(47)64-57(56)61/h8-37H,1-7H3. The van der Waals surface area contributed by atoms with E-state index < -0.39 is 5.41 Å². The number of para-hydroxylation sites is 2. The lowest BCUT2D eigenvalue weighted by atomic mass is 9.31. The fourth-order valence-corrected chi connectivity index (χ4v) is 11.3. The molecule has 64 heavy (non-hydrogen) atoms. The van der Waals surface area contributed by atoms with E-state index >= 15 is 0 Å². The van der Waals surface area contributed by atoms with E-state index in [1.807, 2.05) is 0 Å². The molecule has 0 radical (unpaired) electrons. The Morgan fingerprint density at radius 1 is 0.516 bits per heavy atom. The van der Waals surface area contributed by atoms with Crippen LogP contribution in [0, 0.1) is 6.92 Å². The van der Waals surface area contributed by atoms with Gasteiger partial charge in [0.25, 0.3) is 6.71 Å². The minimum atomic E-state index is -0.615. The van der Waals surface area contributed by atoms with Gasteiger partial charge in [-0.2, -0.15) is 0 Å². The Hall–Kier alpha value is -7.04. The lowest BCUT2D eigenvalue weighted by Crippen LogP contribution is -2.64. The molecule has 310 valence electrons. The van der Waals surface area contributed by atoms with Crippen LogP contribution in [0.1, 0.15) is 80.5 Å². The third-order valence-corrected chi connectivity index (χ3v) is 14.3. The summed E-state index contributed by atoms with van der Waals surface area (Å²) in [5, 5.41) is 1.13. The molecule has 0 atom stereocenters. The van der Waals surface area contributed by atoms with Crippen LogP contribution in [0.15, 0.2) is 186 Å². The summed E-state index contributed by atoms with van der Waals surface area (Å²) in [5.74, 6) is 0. The van der Waals surface area contributed by atoms with Crippen LogP contribution < -0.4 is 26.4 Å². The molecular weight excluding hydrogens is 775 g/mol. The summed E-state index contributed by atoms with van der Waals surface area (Å²) in [6.07, 6.45) is 0. The highest BCUT2D eigenvalue weighted by atomic mass is 16.3. The summed E-state index contributed by atoms with van der Waals surface area (Å²) >= 11 is 0. The summed E-state index contributed by atoms with van der Waals surface area (Å²) < 4.78 is 7.39. The Kier molecular flexibility index (Phi) is 8.29. The summed E-state index contributed by atoms with van der Waals surface area (Å²) in [6.45, 7) is 15.9. The molecule has 8 aromatic carbocycles. The smallest absolute Gasteiger partial charge is 0.293 e. The van der Waals surface area contributed by atoms with Crippen molar-refractivity contribution >= 4 is 68.4 Å². The Morgan fingerprint density at radius 2 is 1.09 bits per heavy atom. The zero-order valence-electron chi connectivity index (χ0n) is 37.7. The monoisotopic (exact) mass is 826 g/mol. The molecule has 0 N–H and O–H groups in total. The molecule has 1 aromatic heterocycles. The van der Waals surface area contributed by atoms with E-state index in [1.54, 1.807) is 0 Å². The molecule has 3 nitrogen and oxygen atoms in total. The quantitative estimate of drug-likeness (QED) is 0.165. The first kappa shape index (κ1) is 38.6. The van der Waals surface area contributed by atoms with Gasteiger partial charge in [0.15, 0.2) is 0 Å². The first-order valence-electron chi connectivity index (χ1n) is 22.8. The summed E-state index contributed by atoms with van der Waals surface area (Å²) in [5.41, 5.74) is 22.2. The van der Waals surface area contributed by atoms with E-state index in [0.717, 1.165) is 45.1 Å². The molecule has 3 aliphatic rings. The Labute approximate surface area is 377 Å². The van der Waals surface area contributed by atoms with E-state index in [9.17, 15) is 0 Å². The van der Waals surface area contributed by atoms with Gasteiger partial charge in [0.05, 0.1) is 16.8 Å². The van der Waals surface area contributed by atoms with Crippen molar-refractivity contribution in [3.8, 4) is 11.1 Å². The molecule has 3 heterocycles. The topological polar surface area (TPSA) is 19.6 Å². The molecule has 0 bridgehead atoms. The number of rotatable bonds is 4. The van der Waals surface area contributed by atoms with Gasteiger partial charge in [-0.15, -0.1) is 0 Å². The summed E-state index contributed by atoms with van der Waals surface area (Å²) in [7, 11) is 0. The van der Waals surface area contributed by atoms with Gasteiger partial charge in [-0.3, -0.25) is 0 Å². The molecule has 1 spiro atoms. The molecule has 1 aliphatic carbocycles. The molecule has 4 heteroatoms. The predicted octanol–water partition coefficient (Wildman–Crippen LogP) is 13.8. The molecule has 9 aromatic rings. The molecule has 0 unspecified atom stereocenters. The molecule has 2 aliphatic heterocycles. The number of fused-ring (bicyclic) bond motifs is 13. The molecule has 0 saturated carbocycles. The number of hydrogen-bond acceptors (Lipinski definition) is 3. The minimum Gasteiger partial charge on any atom is -0.468 e.